The first kappa shape index (κ1) is 15.7. The van der Waals surface area contributed by atoms with Gasteiger partial charge >= 0.3 is 5.97 Å². The van der Waals surface area contributed by atoms with Crippen molar-refractivity contribution in [2.24, 2.45) is 0 Å². The number of nitrogens with zero attached hydrogens (tertiary/aromatic N) is 2. The number of hydrogen-bond donors (Lipinski definition) is 0. The van der Waals surface area contributed by atoms with E-state index < -0.39 is 0 Å². The van der Waals surface area contributed by atoms with Gasteiger partial charge in [-0.25, -0.2) is 0 Å². The van der Waals surface area contributed by atoms with Crippen molar-refractivity contribution >= 4 is 17.3 Å². The lowest BCUT2D eigenvalue weighted by Crippen LogP contribution is -2.12. The summed E-state index contributed by atoms with van der Waals surface area (Å²) in [6.07, 6.45) is 2.68. The molecular weight excluding hydrogens is 292 g/mol. The van der Waals surface area contributed by atoms with Gasteiger partial charge in [-0.3, -0.25) is 9.78 Å². The van der Waals surface area contributed by atoms with Crippen LogP contribution < -0.4 is 0 Å². The van der Waals surface area contributed by atoms with E-state index in [0.717, 1.165) is 16.1 Å². The molecule has 2 heterocycles. The molecule has 2 aromatic heterocycles. The third kappa shape index (κ3) is 3.68. The molecule has 114 valence electrons. The Kier molecular flexibility index (Phi) is 5.46. The molecule has 0 aromatic carbocycles. The number of rotatable bonds is 7. The number of aromatic nitrogens is 2. The maximum Gasteiger partial charge on any atom is 0.306 e. The van der Waals surface area contributed by atoms with Crippen molar-refractivity contribution in [3.05, 3.63) is 23.0 Å². The first-order valence-electron chi connectivity index (χ1n) is 6.58. The highest BCUT2D eigenvalue weighted by Crippen LogP contribution is 2.34. The van der Waals surface area contributed by atoms with E-state index in [0.29, 0.717) is 18.8 Å². The fraction of sp³-hybridized carbons (Fsp3) is 0.500. The minimum absolute atomic E-state index is 0.0807. The van der Waals surface area contributed by atoms with E-state index in [2.05, 4.69) is 10.1 Å². The summed E-state index contributed by atoms with van der Waals surface area (Å²) in [6, 6.07) is 0. The molecule has 0 aliphatic carbocycles. The van der Waals surface area contributed by atoms with Crippen LogP contribution in [-0.2, 0) is 14.3 Å². The zero-order valence-corrected chi connectivity index (χ0v) is 13.1. The molecule has 1 atom stereocenters. The van der Waals surface area contributed by atoms with Crippen LogP contribution in [0.2, 0.25) is 0 Å². The van der Waals surface area contributed by atoms with Crippen LogP contribution in [-0.4, -0.2) is 36.9 Å². The Bertz CT molecular complexity index is 580. The van der Waals surface area contributed by atoms with Crippen molar-refractivity contribution in [1.29, 1.82) is 0 Å². The molecule has 0 radical (unpaired) electrons. The van der Waals surface area contributed by atoms with Gasteiger partial charge < -0.3 is 14.0 Å². The molecule has 2 rings (SSSR count). The van der Waals surface area contributed by atoms with Gasteiger partial charge in [-0.05, 0) is 13.3 Å². The first-order valence-corrected chi connectivity index (χ1v) is 7.46. The van der Waals surface area contributed by atoms with E-state index in [1.807, 2.05) is 6.92 Å². The number of carbonyl (C=O) groups is 1. The van der Waals surface area contributed by atoms with Crippen LogP contribution in [0.4, 0.5) is 0 Å². The predicted octanol–water partition coefficient (Wildman–Crippen LogP) is 2.79. The Hall–Kier alpha value is -1.73. The summed E-state index contributed by atoms with van der Waals surface area (Å²) < 4.78 is 15.3. The SMILES string of the molecule is COCCC(CC(=O)OC)c1noc(-c2cncs2)c1C. The second-order valence-electron chi connectivity index (χ2n) is 4.65. The van der Waals surface area contributed by atoms with Gasteiger partial charge in [0.15, 0.2) is 5.76 Å². The molecular formula is C14H18N2O4S. The Morgan fingerprint density at radius 1 is 1.48 bits per heavy atom. The summed E-state index contributed by atoms with van der Waals surface area (Å²) in [5.41, 5.74) is 3.46. The quantitative estimate of drug-likeness (QED) is 0.732. The summed E-state index contributed by atoms with van der Waals surface area (Å²) in [6.45, 7) is 2.49. The average molecular weight is 310 g/mol. The highest BCUT2D eigenvalue weighted by Gasteiger charge is 2.25. The van der Waals surface area contributed by atoms with Crippen LogP contribution >= 0.6 is 11.3 Å². The van der Waals surface area contributed by atoms with Gasteiger partial charge in [-0.15, -0.1) is 11.3 Å². The fourth-order valence-corrected chi connectivity index (χ4v) is 2.82. The van der Waals surface area contributed by atoms with E-state index in [1.165, 1.54) is 18.4 Å². The maximum absolute atomic E-state index is 11.6. The molecule has 21 heavy (non-hydrogen) atoms. The normalized spacial score (nSPS) is 12.3. The highest BCUT2D eigenvalue weighted by atomic mass is 32.1. The molecule has 0 aliphatic rings. The Morgan fingerprint density at radius 2 is 2.29 bits per heavy atom. The van der Waals surface area contributed by atoms with Crippen molar-refractivity contribution < 1.29 is 18.8 Å². The number of hydrogen-bond acceptors (Lipinski definition) is 7. The molecule has 0 N–H and O–H groups in total. The number of esters is 1. The third-order valence-corrected chi connectivity index (χ3v) is 4.09. The van der Waals surface area contributed by atoms with Crippen LogP contribution in [0.25, 0.3) is 10.6 Å². The summed E-state index contributed by atoms with van der Waals surface area (Å²) in [5, 5.41) is 4.15. The summed E-state index contributed by atoms with van der Waals surface area (Å²) in [5.74, 6) is 0.362. The molecule has 0 aliphatic heterocycles. The van der Waals surface area contributed by atoms with Gasteiger partial charge in [-0.2, -0.15) is 0 Å². The lowest BCUT2D eigenvalue weighted by atomic mass is 9.94. The lowest BCUT2D eigenvalue weighted by molar-refractivity contribution is -0.141. The van der Waals surface area contributed by atoms with Crippen LogP contribution in [0, 0.1) is 6.92 Å². The average Bonchev–Trinajstić information content (AvgIpc) is 3.12. The number of ether oxygens (including phenoxy) is 2. The Balaban J connectivity index is 2.25. The minimum atomic E-state index is -0.266. The Labute approximate surface area is 127 Å². The number of thiazole rings is 1. The smallest absolute Gasteiger partial charge is 0.306 e. The molecule has 0 fully saturated rings. The monoisotopic (exact) mass is 310 g/mol. The van der Waals surface area contributed by atoms with Crippen LogP contribution in [0.3, 0.4) is 0 Å². The van der Waals surface area contributed by atoms with Gasteiger partial charge in [-0.1, -0.05) is 5.16 Å². The van der Waals surface area contributed by atoms with Crippen LogP contribution in [0.15, 0.2) is 16.2 Å². The molecule has 0 bridgehead atoms. The van der Waals surface area contributed by atoms with E-state index in [-0.39, 0.29) is 18.3 Å². The molecule has 0 spiro atoms. The molecule has 1 unspecified atom stereocenters. The van der Waals surface area contributed by atoms with Crippen molar-refractivity contribution in [2.75, 3.05) is 20.8 Å². The minimum Gasteiger partial charge on any atom is -0.469 e. The van der Waals surface area contributed by atoms with Crippen LogP contribution in [0.5, 0.6) is 0 Å². The number of carbonyl (C=O) groups excluding carboxylic acids is 1. The number of methoxy groups -OCH3 is 2. The van der Waals surface area contributed by atoms with Crippen molar-refractivity contribution in [3.8, 4) is 10.6 Å². The van der Waals surface area contributed by atoms with Crippen molar-refractivity contribution in [3.63, 3.8) is 0 Å². The van der Waals surface area contributed by atoms with Gasteiger partial charge in [0, 0.05) is 31.4 Å². The molecule has 0 amide bonds. The fourth-order valence-electron chi connectivity index (χ4n) is 2.17. The van der Waals surface area contributed by atoms with E-state index >= 15 is 0 Å². The molecule has 0 saturated carbocycles. The van der Waals surface area contributed by atoms with Gasteiger partial charge in [0.2, 0.25) is 0 Å². The topological polar surface area (TPSA) is 74.5 Å². The van der Waals surface area contributed by atoms with E-state index in [1.54, 1.807) is 18.8 Å². The summed E-state index contributed by atoms with van der Waals surface area (Å²) >= 11 is 1.49. The zero-order chi connectivity index (χ0) is 15.2. The predicted molar refractivity (Wildman–Crippen MR) is 78.2 cm³/mol. The maximum atomic E-state index is 11.6. The van der Waals surface area contributed by atoms with Crippen molar-refractivity contribution in [2.45, 2.75) is 25.7 Å². The summed E-state index contributed by atoms with van der Waals surface area (Å²) in [7, 11) is 3.02. The van der Waals surface area contributed by atoms with Crippen molar-refractivity contribution in [1.82, 2.24) is 10.1 Å². The highest BCUT2D eigenvalue weighted by molar-refractivity contribution is 7.13. The van der Waals surface area contributed by atoms with Gasteiger partial charge in [0.1, 0.15) is 0 Å². The second kappa shape index (κ2) is 7.33. The zero-order valence-electron chi connectivity index (χ0n) is 12.3. The standard InChI is InChI=1S/C14H18N2O4S/c1-9-13(10(4-5-18-2)6-12(17)19-3)16-20-14(9)11-7-15-8-21-11/h7-8,10H,4-6H2,1-3H3. The molecule has 2 aromatic rings. The first-order chi connectivity index (χ1) is 10.2. The van der Waals surface area contributed by atoms with E-state index in [4.69, 9.17) is 14.0 Å². The van der Waals surface area contributed by atoms with Gasteiger partial charge in [0.25, 0.3) is 0 Å². The largest absolute Gasteiger partial charge is 0.469 e. The molecule has 0 saturated heterocycles. The third-order valence-electron chi connectivity index (χ3n) is 3.31. The Morgan fingerprint density at radius 3 is 2.90 bits per heavy atom. The van der Waals surface area contributed by atoms with Crippen LogP contribution in [0.1, 0.15) is 30.0 Å². The molecule has 6 nitrogen and oxygen atoms in total. The van der Waals surface area contributed by atoms with Gasteiger partial charge in [0.05, 0.1) is 29.6 Å². The summed E-state index contributed by atoms with van der Waals surface area (Å²) in [4.78, 5) is 16.5. The molecule has 7 heteroatoms. The lowest BCUT2D eigenvalue weighted by Gasteiger charge is -2.13. The second-order valence-corrected chi connectivity index (χ2v) is 5.53. The van der Waals surface area contributed by atoms with E-state index in [9.17, 15) is 4.79 Å².